The van der Waals surface area contributed by atoms with Crippen molar-refractivity contribution in [3.05, 3.63) is 95.3 Å². The van der Waals surface area contributed by atoms with Crippen LogP contribution >= 0.6 is 0 Å². The van der Waals surface area contributed by atoms with E-state index in [9.17, 15) is 14.7 Å². The second kappa shape index (κ2) is 8.16. The standard InChI is InChI=1S/C23H19N3O4/c1-14(21-18-4-2-3-5-19(18)23(29)30-21)20(15-6-8-17(27)9-7-15)25-26-22(28)16-10-12-24-13-11-16/h2-14,21,27H,1H3,(H,26,28)/b25-20+/t14-,21-/m0/s1. The smallest absolute Gasteiger partial charge is 0.339 e. The van der Waals surface area contributed by atoms with E-state index >= 15 is 0 Å². The summed E-state index contributed by atoms with van der Waals surface area (Å²) < 4.78 is 5.62. The summed E-state index contributed by atoms with van der Waals surface area (Å²) in [6.07, 6.45) is 2.51. The number of fused-ring (bicyclic) bond motifs is 1. The summed E-state index contributed by atoms with van der Waals surface area (Å²) in [4.78, 5) is 28.6. The van der Waals surface area contributed by atoms with Gasteiger partial charge in [-0.05, 0) is 48.0 Å². The summed E-state index contributed by atoms with van der Waals surface area (Å²) in [5, 5.41) is 14.0. The lowest BCUT2D eigenvalue weighted by Crippen LogP contribution is -2.26. The number of hydrazone groups is 1. The van der Waals surface area contributed by atoms with Crippen LogP contribution in [0.15, 0.2) is 78.2 Å². The number of carbonyl (C=O) groups excluding carboxylic acids is 2. The number of benzene rings is 2. The Morgan fingerprint density at radius 2 is 1.77 bits per heavy atom. The molecule has 7 nitrogen and oxygen atoms in total. The van der Waals surface area contributed by atoms with Crippen molar-refractivity contribution < 1.29 is 19.4 Å². The van der Waals surface area contributed by atoms with Crippen molar-refractivity contribution in [2.45, 2.75) is 13.0 Å². The molecule has 2 N–H and O–H groups in total. The van der Waals surface area contributed by atoms with Gasteiger partial charge in [-0.25, -0.2) is 10.2 Å². The number of esters is 1. The van der Waals surface area contributed by atoms with E-state index < -0.39 is 6.10 Å². The molecule has 1 aliphatic heterocycles. The highest BCUT2D eigenvalue weighted by Crippen LogP contribution is 2.37. The Labute approximate surface area is 173 Å². The number of ether oxygens (including phenoxy) is 1. The Balaban J connectivity index is 1.68. The summed E-state index contributed by atoms with van der Waals surface area (Å²) in [7, 11) is 0. The molecule has 4 rings (SSSR count). The van der Waals surface area contributed by atoms with Crippen LogP contribution in [-0.2, 0) is 4.74 Å². The fraction of sp³-hybridized carbons (Fsp3) is 0.130. The molecule has 0 bridgehead atoms. The number of aromatic nitrogens is 1. The molecule has 0 saturated carbocycles. The monoisotopic (exact) mass is 401 g/mol. The van der Waals surface area contributed by atoms with Crippen LogP contribution in [0.3, 0.4) is 0 Å². The number of cyclic esters (lactones) is 1. The highest BCUT2D eigenvalue weighted by Gasteiger charge is 2.37. The third kappa shape index (κ3) is 3.77. The molecule has 2 atom stereocenters. The molecule has 1 amide bonds. The number of nitrogens with zero attached hydrogens (tertiary/aromatic N) is 2. The van der Waals surface area contributed by atoms with E-state index in [1.165, 1.54) is 24.5 Å². The second-order valence-electron chi connectivity index (χ2n) is 6.92. The van der Waals surface area contributed by atoms with E-state index in [0.29, 0.717) is 22.4 Å². The summed E-state index contributed by atoms with van der Waals surface area (Å²) in [5.41, 5.74) is 5.51. The number of carbonyl (C=O) groups is 2. The van der Waals surface area contributed by atoms with Gasteiger partial charge in [0.2, 0.25) is 0 Å². The van der Waals surface area contributed by atoms with E-state index in [0.717, 1.165) is 5.56 Å². The van der Waals surface area contributed by atoms with Gasteiger partial charge < -0.3 is 9.84 Å². The fourth-order valence-corrected chi connectivity index (χ4v) is 3.43. The first-order valence-electron chi connectivity index (χ1n) is 9.42. The SMILES string of the molecule is C[C@@H](/C(=N\NC(=O)c1ccncc1)c1ccc(O)cc1)[C@@H]1OC(=O)c2ccccc21. The molecule has 1 aliphatic rings. The zero-order chi connectivity index (χ0) is 21.1. The van der Waals surface area contributed by atoms with E-state index in [-0.39, 0.29) is 23.5 Å². The molecule has 0 spiro atoms. The van der Waals surface area contributed by atoms with E-state index in [2.05, 4.69) is 15.5 Å². The van der Waals surface area contributed by atoms with Gasteiger partial charge in [-0.3, -0.25) is 9.78 Å². The summed E-state index contributed by atoms with van der Waals surface area (Å²) in [6, 6.07) is 16.9. The maximum absolute atomic E-state index is 12.5. The van der Waals surface area contributed by atoms with Crippen LogP contribution in [0.25, 0.3) is 0 Å². The first-order chi connectivity index (χ1) is 14.5. The van der Waals surface area contributed by atoms with Crippen molar-refractivity contribution in [3.63, 3.8) is 0 Å². The quantitative estimate of drug-likeness (QED) is 0.387. The van der Waals surface area contributed by atoms with Crippen LogP contribution < -0.4 is 5.43 Å². The van der Waals surface area contributed by atoms with Gasteiger partial charge in [0.15, 0.2) is 0 Å². The topological polar surface area (TPSA) is 101 Å². The highest BCUT2D eigenvalue weighted by molar-refractivity contribution is 6.05. The van der Waals surface area contributed by atoms with Crippen LogP contribution in [0.2, 0.25) is 0 Å². The third-order valence-electron chi connectivity index (χ3n) is 4.99. The van der Waals surface area contributed by atoms with Gasteiger partial charge in [-0.2, -0.15) is 5.10 Å². The van der Waals surface area contributed by atoms with Crippen molar-refractivity contribution >= 4 is 17.6 Å². The van der Waals surface area contributed by atoms with Gasteiger partial charge in [-0.15, -0.1) is 0 Å². The molecule has 0 radical (unpaired) electrons. The zero-order valence-electron chi connectivity index (χ0n) is 16.1. The Hall–Kier alpha value is -4.00. The van der Waals surface area contributed by atoms with Crippen molar-refractivity contribution in [1.29, 1.82) is 0 Å². The maximum Gasteiger partial charge on any atom is 0.339 e. The predicted octanol–water partition coefficient (Wildman–Crippen LogP) is 3.47. The van der Waals surface area contributed by atoms with Gasteiger partial charge in [0.05, 0.1) is 11.3 Å². The maximum atomic E-state index is 12.5. The lowest BCUT2D eigenvalue weighted by atomic mass is 9.89. The Morgan fingerprint density at radius 1 is 1.07 bits per heavy atom. The van der Waals surface area contributed by atoms with Gasteiger partial charge in [0.25, 0.3) is 5.91 Å². The zero-order valence-corrected chi connectivity index (χ0v) is 16.1. The molecule has 7 heteroatoms. The minimum atomic E-state index is -0.543. The van der Waals surface area contributed by atoms with Crippen LogP contribution in [0.5, 0.6) is 5.75 Å². The minimum absolute atomic E-state index is 0.115. The molecule has 0 unspecified atom stereocenters. The molecule has 0 fully saturated rings. The predicted molar refractivity (Wildman–Crippen MR) is 110 cm³/mol. The van der Waals surface area contributed by atoms with E-state index in [1.54, 1.807) is 36.4 Å². The number of phenols is 1. The van der Waals surface area contributed by atoms with Gasteiger partial charge in [0.1, 0.15) is 11.9 Å². The Morgan fingerprint density at radius 3 is 2.50 bits per heavy atom. The number of nitrogens with one attached hydrogen (secondary N) is 1. The molecule has 0 saturated heterocycles. The fourth-order valence-electron chi connectivity index (χ4n) is 3.43. The summed E-state index contributed by atoms with van der Waals surface area (Å²) in [6.45, 7) is 1.88. The summed E-state index contributed by atoms with van der Waals surface area (Å²) >= 11 is 0. The molecule has 2 heterocycles. The number of pyridine rings is 1. The van der Waals surface area contributed by atoms with Gasteiger partial charge in [0, 0.05) is 29.4 Å². The molecule has 2 aromatic carbocycles. The number of hydrogen-bond donors (Lipinski definition) is 2. The van der Waals surface area contributed by atoms with Crippen molar-refractivity contribution in [3.8, 4) is 5.75 Å². The average Bonchev–Trinajstić information content (AvgIpc) is 3.12. The molecule has 3 aromatic rings. The van der Waals surface area contributed by atoms with E-state index in [1.807, 2.05) is 19.1 Å². The molecule has 1 aromatic heterocycles. The molecular weight excluding hydrogens is 382 g/mol. The average molecular weight is 401 g/mol. The van der Waals surface area contributed by atoms with Crippen molar-refractivity contribution in [2.75, 3.05) is 0 Å². The lowest BCUT2D eigenvalue weighted by molar-refractivity contribution is 0.0326. The normalized spacial score (nSPS) is 16.5. The largest absolute Gasteiger partial charge is 0.508 e. The second-order valence-corrected chi connectivity index (χ2v) is 6.92. The van der Waals surface area contributed by atoms with Gasteiger partial charge in [-0.1, -0.05) is 25.1 Å². The first-order valence-corrected chi connectivity index (χ1v) is 9.42. The number of amides is 1. The Kier molecular flexibility index (Phi) is 5.26. The van der Waals surface area contributed by atoms with Crippen molar-refractivity contribution in [2.24, 2.45) is 11.0 Å². The van der Waals surface area contributed by atoms with Crippen molar-refractivity contribution in [1.82, 2.24) is 10.4 Å². The summed E-state index contributed by atoms with van der Waals surface area (Å²) in [5.74, 6) is -1.01. The number of rotatable bonds is 5. The Bertz CT molecular complexity index is 1110. The number of aromatic hydroxyl groups is 1. The highest BCUT2D eigenvalue weighted by atomic mass is 16.5. The molecular formula is C23H19N3O4. The van der Waals surface area contributed by atoms with Crippen LogP contribution in [0, 0.1) is 5.92 Å². The minimum Gasteiger partial charge on any atom is -0.508 e. The third-order valence-corrected chi connectivity index (χ3v) is 4.99. The molecule has 0 aliphatic carbocycles. The number of hydrogen-bond acceptors (Lipinski definition) is 6. The molecule has 150 valence electrons. The number of phenolic OH excluding ortho intramolecular Hbond substituents is 1. The first kappa shape index (κ1) is 19.3. The van der Waals surface area contributed by atoms with Crippen LogP contribution in [0.4, 0.5) is 0 Å². The van der Waals surface area contributed by atoms with Crippen LogP contribution in [0.1, 0.15) is 44.9 Å². The lowest BCUT2D eigenvalue weighted by Gasteiger charge is -2.21. The van der Waals surface area contributed by atoms with E-state index in [4.69, 9.17) is 4.74 Å². The van der Waals surface area contributed by atoms with Gasteiger partial charge >= 0.3 is 5.97 Å². The molecule has 30 heavy (non-hydrogen) atoms. The van der Waals surface area contributed by atoms with Crippen LogP contribution in [-0.4, -0.2) is 27.7 Å².